The van der Waals surface area contributed by atoms with Crippen LogP contribution in [0.4, 0.5) is 9.18 Å². The molecular formula is C19H28FN3O6S. The van der Waals surface area contributed by atoms with Gasteiger partial charge in [0, 0.05) is 13.2 Å². The zero-order valence-corrected chi connectivity index (χ0v) is 18.0. The number of carbonyl (C=O) groups is 2. The van der Waals surface area contributed by atoms with Crippen LogP contribution < -0.4 is 14.8 Å². The fourth-order valence-corrected chi connectivity index (χ4v) is 3.66. The van der Waals surface area contributed by atoms with Gasteiger partial charge in [-0.05, 0) is 36.5 Å². The van der Waals surface area contributed by atoms with Crippen molar-refractivity contribution >= 4 is 22.0 Å². The molecule has 30 heavy (non-hydrogen) atoms. The van der Waals surface area contributed by atoms with Crippen LogP contribution in [0.5, 0.6) is 5.75 Å². The van der Waals surface area contributed by atoms with Gasteiger partial charge < -0.3 is 9.47 Å². The molecule has 2 rings (SSSR count). The van der Waals surface area contributed by atoms with E-state index < -0.39 is 27.8 Å². The minimum Gasteiger partial charge on any atom is -0.490 e. The number of rotatable bonds is 13. The monoisotopic (exact) mass is 445 g/mol. The summed E-state index contributed by atoms with van der Waals surface area (Å²) in [4.78, 5) is 23.6. The molecule has 1 aromatic rings. The van der Waals surface area contributed by atoms with Crippen LogP contribution in [-0.4, -0.2) is 64.0 Å². The molecule has 9 nitrogen and oxygen atoms in total. The molecule has 0 bridgehead atoms. The summed E-state index contributed by atoms with van der Waals surface area (Å²) in [6, 6.07) is 3.97. The van der Waals surface area contributed by atoms with Crippen LogP contribution >= 0.6 is 0 Å². The highest BCUT2D eigenvalue weighted by Gasteiger charge is 2.26. The van der Waals surface area contributed by atoms with E-state index in [0.717, 1.165) is 5.56 Å². The van der Waals surface area contributed by atoms with Gasteiger partial charge in [0.2, 0.25) is 15.9 Å². The molecule has 0 unspecified atom stereocenters. The molecular weight excluding hydrogens is 417 g/mol. The van der Waals surface area contributed by atoms with E-state index in [9.17, 15) is 22.4 Å². The van der Waals surface area contributed by atoms with Crippen molar-refractivity contribution < 1.29 is 31.9 Å². The van der Waals surface area contributed by atoms with Crippen LogP contribution in [-0.2, 0) is 26.0 Å². The molecule has 1 aliphatic rings. The number of hydrogen-bond donors (Lipinski definition) is 2. The van der Waals surface area contributed by atoms with Crippen LogP contribution in [0.3, 0.4) is 0 Å². The third-order valence-corrected chi connectivity index (χ3v) is 5.59. The largest absolute Gasteiger partial charge is 0.490 e. The third kappa shape index (κ3) is 8.25. The molecule has 1 aromatic carbocycles. The molecule has 0 atom stereocenters. The van der Waals surface area contributed by atoms with Gasteiger partial charge in [-0.3, -0.25) is 15.0 Å². The van der Waals surface area contributed by atoms with Gasteiger partial charge >= 0.3 is 6.03 Å². The lowest BCUT2D eigenvalue weighted by atomic mass is 10.1. The zero-order chi connectivity index (χ0) is 22.1. The Morgan fingerprint density at radius 1 is 1.30 bits per heavy atom. The molecule has 0 aliphatic carbocycles. The Balaban J connectivity index is 1.66. The summed E-state index contributed by atoms with van der Waals surface area (Å²) in [5.41, 5.74) is 0.764. The molecule has 2 N–H and O–H groups in total. The summed E-state index contributed by atoms with van der Waals surface area (Å²) >= 11 is 0. The fraction of sp³-hybridized carbons (Fsp3) is 0.579. The number of halogens is 1. The number of hydrogen-bond acceptors (Lipinski definition) is 6. The molecule has 0 radical (unpaired) electrons. The SMILES string of the molecule is CC(C)COc1cc(CCNS(=O)(=O)CCCOCN2CC(=O)NC2=O)ccc1F. The standard InChI is InChI=1S/C19H28FN3O6S/c1-14(2)12-29-17-10-15(4-5-16(17)20)6-7-21-30(26,27)9-3-8-28-13-23-11-18(24)22-19(23)25/h4-5,10,14,21H,3,6-9,11-13H2,1-2H3,(H,22,24,25). The van der Waals surface area contributed by atoms with Crippen LogP contribution in [0.15, 0.2) is 18.2 Å². The van der Waals surface area contributed by atoms with Crippen LogP contribution in [0.2, 0.25) is 0 Å². The predicted molar refractivity (Wildman–Crippen MR) is 108 cm³/mol. The molecule has 3 amide bonds. The smallest absolute Gasteiger partial charge is 0.326 e. The van der Waals surface area contributed by atoms with Gasteiger partial charge in [-0.15, -0.1) is 0 Å². The summed E-state index contributed by atoms with van der Waals surface area (Å²) in [6.07, 6.45) is 0.634. The number of nitrogens with zero attached hydrogens (tertiary/aromatic N) is 1. The quantitative estimate of drug-likeness (QED) is 0.349. The van der Waals surface area contributed by atoms with Crippen LogP contribution in [0.1, 0.15) is 25.8 Å². The Morgan fingerprint density at radius 2 is 2.07 bits per heavy atom. The number of imide groups is 1. The molecule has 0 aromatic heterocycles. The van der Waals surface area contributed by atoms with Crippen molar-refractivity contribution in [2.24, 2.45) is 5.92 Å². The van der Waals surface area contributed by atoms with Crippen molar-refractivity contribution in [2.75, 3.05) is 38.8 Å². The summed E-state index contributed by atoms with van der Waals surface area (Å²) in [6.45, 7) is 4.50. The maximum absolute atomic E-state index is 13.8. The highest BCUT2D eigenvalue weighted by molar-refractivity contribution is 7.89. The number of nitrogens with one attached hydrogen (secondary N) is 2. The molecule has 168 valence electrons. The Hall–Kier alpha value is -2.24. The second-order valence-electron chi connectivity index (χ2n) is 7.38. The van der Waals surface area contributed by atoms with E-state index in [1.165, 1.54) is 11.0 Å². The first kappa shape index (κ1) is 24.0. The minimum absolute atomic E-state index is 0.0632. The molecule has 1 aliphatic heterocycles. The molecule has 1 saturated heterocycles. The maximum atomic E-state index is 13.8. The van der Waals surface area contributed by atoms with E-state index in [2.05, 4.69) is 10.0 Å². The first-order valence-electron chi connectivity index (χ1n) is 9.71. The number of amides is 3. The number of carbonyl (C=O) groups excluding carboxylic acids is 2. The molecule has 1 fully saturated rings. The highest BCUT2D eigenvalue weighted by atomic mass is 32.2. The Bertz CT molecular complexity index is 847. The van der Waals surface area contributed by atoms with Gasteiger partial charge in [0.05, 0.1) is 12.4 Å². The third-order valence-electron chi connectivity index (χ3n) is 4.12. The average Bonchev–Trinajstić information content (AvgIpc) is 2.98. The van der Waals surface area contributed by atoms with Crippen molar-refractivity contribution in [3.8, 4) is 5.75 Å². The summed E-state index contributed by atoms with van der Waals surface area (Å²) in [7, 11) is -3.49. The summed E-state index contributed by atoms with van der Waals surface area (Å²) in [5, 5.41) is 2.12. The van der Waals surface area contributed by atoms with Gasteiger partial charge in [-0.25, -0.2) is 22.3 Å². The lowest BCUT2D eigenvalue weighted by molar-refractivity contribution is -0.118. The first-order valence-corrected chi connectivity index (χ1v) is 11.4. The van der Waals surface area contributed by atoms with E-state index >= 15 is 0 Å². The van der Waals surface area contributed by atoms with E-state index in [4.69, 9.17) is 9.47 Å². The van der Waals surface area contributed by atoms with E-state index in [1.54, 1.807) is 12.1 Å². The fourth-order valence-electron chi connectivity index (χ4n) is 2.61. The van der Waals surface area contributed by atoms with E-state index in [1.807, 2.05) is 13.8 Å². The van der Waals surface area contributed by atoms with Crippen molar-refractivity contribution in [3.05, 3.63) is 29.6 Å². The topological polar surface area (TPSA) is 114 Å². The number of urea groups is 1. The lowest BCUT2D eigenvalue weighted by Gasteiger charge is -2.13. The normalized spacial score (nSPS) is 14.5. The predicted octanol–water partition coefficient (Wildman–Crippen LogP) is 1.24. The average molecular weight is 446 g/mol. The molecule has 0 saturated carbocycles. The van der Waals surface area contributed by atoms with Crippen LogP contribution in [0, 0.1) is 11.7 Å². The van der Waals surface area contributed by atoms with Crippen molar-refractivity contribution in [3.63, 3.8) is 0 Å². The second kappa shape index (κ2) is 11.2. The maximum Gasteiger partial charge on any atom is 0.326 e. The van der Waals surface area contributed by atoms with Gasteiger partial charge in [-0.2, -0.15) is 0 Å². The van der Waals surface area contributed by atoms with E-state index in [-0.39, 0.29) is 50.3 Å². The number of benzene rings is 1. The number of sulfonamides is 1. The summed E-state index contributed by atoms with van der Waals surface area (Å²) in [5.74, 6) is -0.552. The highest BCUT2D eigenvalue weighted by Crippen LogP contribution is 2.20. The lowest BCUT2D eigenvalue weighted by Crippen LogP contribution is -2.31. The molecule has 0 spiro atoms. The first-order chi connectivity index (χ1) is 14.2. The van der Waals surface area contributed by atoms with Crippen molar-refractivity contribution in [1.82, 2.24) is 14.9 Å². The number of ether oxygens (including phenoxy) is 2. The zero-order valence-electron chi connectivity index (χ0n) is 17.1. The molecule has 11 heteroatoms. The second-order valence-corrected chi connectivity index (χ2v) is 9.30. The van der Waals surface area contributed by atoms with Gasteiger partial charge in [0.15, 0.2) is 11.6 Å². The van der Waals surface area contributed by atoms with Crippen molar-refractivity contribution in [1.29, 1.82) is 0 Å². The van der Waals surface area contributed by atoms with Crippen molar-refractivity contribution in [2.45, 2.75) is 26.7 Å². The van der Waals surface area contributed by atoms with Crippen LogP contribution in [0.25, 0.3) is 0 Å². The van der Waals surface area contributed by atoms with Gasteiger partial charge in [0.25, 0.3) is 0 Å². The summed E-state index contributed by atoms with van der Waals surface area (Å²) < 4.78 is 51.1. The Labute approximate surface area is 176 Å². The van der Waals surface area contributed by atoms with Gasteiger partial charge in [-0.1, -0.05) is 19.9 Å². The minimum atomic E-state index is -3.49. The Morgan fingerprint density at radius 3 is 2.73 bits per heavy atom. The van der Waals surface area contributed by atoms with Gasteiger partial charge in [0.1, 0.15) is 13.3 Å². The van der Waals surface area contributed by atoms with E-state index in [0.29, 0.717) is 13.0 Å². The molecule has 1 heterocycles. The Kier molecular flexibility index (Phi) is 9.00.